The van der Waals surface area contributed by atoms with Crippen LogP contribution in [-0.4, -0.2) is 30.5 Å². The molecule has 3 aromatic carbocycles. The SMILES string of the molecule is CCOC(=O)[C@@H](NC(=O)Cc1ccccc1)[C@@H](OC(=O)Cc1ccccc1)c1ccccc1. The lowest BCUT2D eigenvalue weighted by Crippen LogP contribution is -2.47. The zero-order chi connectivity index (χ0) is 23.5. The summed E-state index contributed by atoms with van der Waals surface area (Å²) in [6, 6.07) is 26.0. The molecule has 0 unspecified atom stereocenters. The van der Waals surface area contributed by atoms with E-state index in [-0.39, 0.29) is 25.4 Å². The molecule has 0 aliphatic carbocycles. The fraction of sp³-hybridized carbons (Fsp3) is 0.222. The molecule has 1 N–H and O–H groups in total. The van der Waals surface area contributed by atoms with Crippen molar-refractivity contribution in [2.24, 2.45) is 0 Å². The van der Waals surface area contributed by atoms with Gasteiger partial charge in [-0.1, -0.05) is 91.0 Å². The minimum absolute atomic E-state index is 0.0394. The van der Waals surface area contributed by atoms with Gasteiger partial charge in [0.1, 0.15) is 0 Å². The van der Waals surface area contributed by atoms with Gasteiger partial charge in [-0.2, -0.15) is 0 Å². The maximum atomic E-state index is 12.9. The van der Waals surface area contributed by atoms with Crippen LogP contribution in [0.1, 0.15) is 29.7 Å². The highest BCUT2D eigenvalue weighted by atomic mass is 16.6. The first-order valence-electron chi connectivity index (χ1n) is 10.8. The monoisotopic (exact) mass is 445 g/mol. The smallest absolute Gasteiger partial charge is 0.332 e. The van der Waals surface area contributed by atoms with Gasteiger partial charge in [0.05, 0.1) is 19.4 Å². The Labute approximate surface area is 193 Å². The quantitative estimate of drug-likeness (QED) is 0.480. The minimum Gasteiger partial charge on any atom is -0.464 e. The van der Waals surface area contributed by atoms with Gasteiger partial charge >= 0.3 is 11.9 Å². The molecule has 0 spiro atoms. The predicted octanol–water partition coefficient (Wildman–Crippen LogP) is 3.80. The Morgan fingerprint density at radius 2 is 1.27 bits per heavy atom. The summed E-state index contributed by atoms with van der Waals surface area (Å²) in [5.74, 6) is -1.55. The Kier molecular flexibility index (Phi) is 8.77. The van der Waals surface area contributed by atoms with Gasteiger partial charge in [-0.05, 0) is 23.6 Å². The average Bonchev–Trinajstić information content (AvgIpc) is 2.83. The van der Waals surface area contributed by atoms with Gasteiger partial charge in [-0.25, -0.2) is 4.79 Å². The van der Waals surface area contributed by atoms with E-state index in [1.54, 1.807) is 31.2 Å². The van der Waals surface area contributed by atoms with Crippen molar-refractivity contribution < 1.29 is 23.9 Å². The molecule has 0 aliphatic heterocycles. The van der Waals surface area contributed by atoms with Crippen LogP contribution >= 0.6 is 0 Å². The summed E-state index contributed by atoms with van der Waals surface area (Å²) < 4.78 is 11.0. The molecule has 6 heteroatoms. The van der Waals surface area contributed by atoms with Crippen molar-refractivity contribution in [1.29, 1.82) is 0 Å². The Balaban J connectivity index is 1.84. The molecule has 0 fully saturated rings. The number of carbonyl (C=O) groups is 3. The van der Waals surface area contributed by atoms with E-state index in [1.807, 2.05) is 66.7 Å². The largest absolute Gasteiger partial charge is 0.464 e. The van der Waals surface area contributed by atoms with E-state index >= 15 is 0 Å². The van der Waals surface area contributed by atoms with E-state index in [9.17, 15) is 14.4 Å². The van der Waals surface area contributed by atoms with E-state index in [1.165, 1.54) is 0 Å². The summed E-state index contributed by atoms with van der Waals surface area (Å²) in [6.07, 6.45) is -0.922. The molecule has 0 aliphatic rings. The molecule has 33 heavy (non-hydrogen) atoms. The number of hydrogen-bond donors (Lipinski definition) is 1. The third kappa shape index (κ3) is 7.31. The number of amides is 1. The van der Waals surface area contributed by atoms with Crippen molar-refractivity contribution >= 4 is 17.8 Å². The Morgan fingerprint density at radius 3 is 1.82 bits per heavy atom. The van der Waals surface area contributed by atoms with Gasteiger partial charge < -0.3 is 14.8 Å². The van der Waals surface area contributed by atoms with Crippen LogP contribution in [0.25, 0.3) is 0 Å². The highest BCUT2D eigenvalue weighted by molar-refractivity contribution is 5.86. The molecule has 1 amide bonds. The van der Waals surface area contributed by atoms with Crippen LogP contribution in [0.3, 0.4) is 0 Å². The summed E-state index contributed by atoms with van der Waals surface area (Å²) in [6.45, 7) is 1.81. The number of benzene rings is 3. The summed E-state index contributed by atoms with van der Waals surface area (Å²) in [5.41, 5.74) is 2.17. The molecule has 0 radical (unpaired) electrons. The van der Waals surface area contributed by atoms with Crippen LogP contribution < -0.4 is 5.32 Å². The Morgan fingerprint density at radius 1 is 0.758 bits per heavy atom. The van der Waals surface area contributed by atoms with Gasteiger partial charge in [-0.3, -0.25) is 9.59 Å². The van der Waals surface area contributed by atoms with Gasteiger partial charge in [0.25, 0.3) is 0 Å². The van der Waals surface area contributed by atoms with Crippen molar-refractivity contribution in [2.75, 3.05) is 6.61 Å². The first-order chi connectivity index (χ1) is 16.1. The minimum atomic E-state index is -1.19. The van der Waals surface area contributed by atoms with Gasteiger partial charge in [0.2, 0.25) is 5.91 Å². The summed E-state index contributed by atoms with van der Waals surface area (Å²) in [7, 11) is 0. The number of hydrogen-bond acceptors (Lipinski definition) is 5. The topological polar surface area (TPSA) is 81.7 Å². The molecule has 6 nitrogen and oxygen atoms in total. The average molecular weight is 446 g/mol. The van der Waals surface area contributed by atoms with Gasteiger partial charge in [-0.15, -0.1) is 0 Å². The van der Waals surface area contributed by atoms with Crippen molar-refractivity contribution in [1.82, 2.24) is 5.32 Å². The fourth-order valence-corrected chi connectivity index (χ4v) is 3.41. The zero-order valence-electron chi connectivity index (χ0n) is 18.5. The lowest BCUT2D eigenvalue weighted by atomic mass is 10.0. The number of nitrogens with one attached hydrogen (secondary N) is 1. The highest BCUT2D eigenvalue weighted by Gasteiger charge is 2.35. The van der Waals surface area contributed by atoms with Gasteiger partial charge in [0.15, 0.2) is 12.1 Å². The molecule has 3 aromatic rings. The van der Waals surface area contributed by atoms with E-state index in [2.05, 4.69) is 5.32 Å². The first-order valence-corrected chi connectivity index (χ1v) is 10.8. The third-order valence-electron chi connectivity index (χ3n) is 4.95. The lowest BCUT2D eigenvalue weighted by molar-refractivity contribution is -0.160. The predicted molar refractivity (Wildman–Crippen MR) is 124 cm³/mol. The number of esters is 2. The second kappa shape index (κ2) is 12.2. The second-order valence-electron chi connectivity index (χ2n) is 7.44. The number of ether oxygens (including phenoxy) is 2. The standard InChI is InChI=1S/C27H27NO5/c1-2-32-27(31)25(28-23(29)18-20-12-6-3-7-13-20)26(22-16-10-5-11-17-22)33-24(30)19-21-14-8-4-9-15-21/h3-17,25-26H,2,18-19H2,1H3,(H,28,29)/t25-,26-/m0/s1. The molecule has 0 bridgehead atoms. The molecule has 0 aromatic heterocycles. The highest BCUT2D eigenvalue weighted by Crippen LogP contribution is 2.24. The van der Waals surface area contributed by atoms with Crippen molar-refractivity contribution in [3.63, 3.8) is 0 Å². The number of carbonyl (C=O) groups excluding carboxylic acids is 3. The van der Waals surface area contributed by atoms with Crippen molar-refractivity contribution in [3.05, 3.63) is 108 Å². The molecule has 170 valence electrons. The summed E-state index contributed by atoms with van der Waals surface area (Å²) >= 11 is 0. The Hall–Kier alpha value is -3.93. The van der Waals surface area contributed by atoms with Crippen LogP contribution in [-0.2, 0) is 36.7 Å². The molecule has 0 heterocycles. The van der Waals surface area contributed by atoms with Crippen LogP contribution in [0.5, 0.6) is 0 Å². The van der Waals surface area contributed by atoms with Gasteiger partial charge in [0, 0.05) is 0 Å². The maximum Gasteiger partial charge on any atom is 0.332 e. The van der Waals surface area contributed by atoms with Crippen molar-refractivity contribution in [3.8, 4) is 0 Å². The summed E-state index contributed by atoms with van der Waals surface area (Å²) in [4.78, 5) is 38.4. The zero-order valence-corrected chi connectivity index (χ0v) is 18.5. The Bertz CT molecular complexity index is 1040. The third-order valence-corrected chi connectivity index (χ3v) is 4.95. The van der Waals surface area contributed by atoms with E-state index in [0.29, 0.717) is 5.56 Å². The van der Waals surface area contributed by atoms with Crippen molar-refractivity contribution in [2.45, 2.75) is 31.9 Å². The lowest BCUT2D eigenvalue weighted by Gasteiger charge is -2.27. The second-order valence-corrected chi connectivity index (χ2v) is 7.44. The molecule has 2 atom stereocenters. The maximum absolute atomic E-state index is 12.9. The van der Waals surface area contributed by atoms with Crippen LogP contribution in [0, 0.1) is 0 Å². The number of rotatable bonds is 10. The molecule has 3 rings (SSSR count). The fourth-order valence-electron chi connectivity index (χ4n) is 3.41. The molecular formula is C27H27NO5. The van der Waals surface area contributed by atoms with Crippen LogP contribution in [0.4, 0.5) is 0 Å². The normalized spacial score (nSPS) is 12.3. The van der Waals surface area contributed by atoms with E-state index < -0.39 is 24.1 Å². The first kappa shape index (κ1) is 23.7. The molecule has 0 saturated heterocycles. The van der Waals surface area contributed by atoms with Crippen LogP contribution in [0.2, 0.25) is 0 Å². The molecule has 0 saturated carbocycles. The van der Waals surface area contributed by atoms with E-state index in [0.717, 1.165) is 11.1 Å². The molecular weight excluding hydrogens is 418 g/mol. The van der Waals surface area contributed by atoms with Crippen LogP contribution in [0.15, 0.2) is 91.0 Å². The van der Waals surface area contributed by atoms with E-state index in [4.69, 9.17) is 9.47 Å². The summed E-state index contributed by atoms with van der Waals surface area (Å²) in [5, 5.41) is 2.73.